The number of hydrogen-bond acceptors (Lipinski definition) is 2. The summed E-state index contributed by atoms with van der Waals surface area (Å²) in [5.41, 5.74) is 0.767. The van der Waals surface area contributed by atoms with E-state index in [9.17, 15) is 4.79 Å². The number of ether oxygens (including phenoxy) is 1. The number of rotatable bonds is 2. The quantitative estimate of drug-likeness (QED) is 0.760. The van der Waals surface area contributed by atoms with Crippen LogP contribution in [0, 0.1) is 3.57 Å². The molecule has 0 aromatic heterocycles. The van der Waals surface area contributed by atoms with E-state index in [1.54, 1.807) is 0 Å². The molecule has 1 saturated heterocycles. The third-order valence-corrected chi connectivity index (χ3v) is 4.01. The fourth-order valence-electron chi connectivity index (χ4n) is 2.19. The Balaban J connectivity index is 2.17. The molecule has 2 unspecified atom stereocenters. The Bertz CT molecular complexity index is 418. The Morgan fingerprint density at radius 3 is 2.72 bits per heavy atom. The normalized spacial score (nSPS) is 24.1. The van der Waals surface area contributed by atoms with Gasteiger partial charge in [-0.3, -0.25) is 4.79 Å². The van der Waals surface area contributed by atoms with E-state index in [2.05, 4.69) is 29.5 Å². The van der Waals surface area contributed by atoms with Gasteiger partial charge in [0.05, 0.1) is 18.8 Å². The number of amides is 1. The van der Waals surface area contributed by atoms with Crippen LogP contribution in [-0.4, -0.2) is 36.1 Å². The lowest BCUT2D eigenvalue weighted by Crippen LogP contribution is -2.51. The second-order valence-corrected chi connectivity index (χ2v) is 5.92. The van der Waals surface area contributed by atoms with Gasteiger partial charge in [0.25, 0.3) is 5.91 Å². The molecule has 1 aliphatic heterocycles. The third-order valence-electron chi connectivity index (χ3n) is 3.29. The molecule has 0 spiro atoms. The summed E-state index contributed by atoms with van der Waals surface area (Å²) in [5, 5.41) is 0. The fraction of sp³-hybridized carbons (Fsp3) is 0.500. The van der Waals surface area contributed by atoms with Crippen LogP contribution >= 0.6 is 22.6 Å². The van der Waals surface area contributed by atoms with E-state index >= 15 is 0 Å². The van der Waals surface area contributed by atoms with Crippen molar-refractivity contribution in [2.45, 2.75) is 32.4 Å². The van der Waals surface area contributed by atoms with Crippen molar-refractivity contribution in [1.82, 2.24) is 4.90 Å². The number of halogens is 1. The van der Waals surface area contributed by atoms with Crippen LogP contribution in [0.4, 0.5) is 0 Å². The second-order valence-electron chi connectivity index (χ2n) is 4.67. The summed E-state index contributed by atoms with van der Waals surface area (Å²) < 4.78 is 6.77. The average molecular weight is 359 g/mol. The minimum absolute atomic E-state index is 0.119. The molecule has 1 heterocycles. The first-order valence-electron chi connectivity index (χ1n) is 6.30. The third kappa shape index (κ3) is 3.03. The zero-order valence-electron chi connectivity index (χ0n) is 10.7. The Kier molecular flexibility index (Phi) is 4.61. The Morgan fingerprint density at radius 1 is 1.44 bits per heavy atom. The van der Waals surface area contributed by atoms with Gasteiger partial charge in [-0.2, -0.15) is 0 Å². The highest BCUT2D eigenvalue weighted by Gasteiger charge is 2.29. The molecular formula is C14H18INO2. The van der Waals surface area contributed by atoms with Crippen molar-refractivity contribution in [1.29, 1.82) is 0 Å². The molecule has 18 heavy (non-hydrogen) atoms. The van der Waals surface area contributed by atoms with Crippen LogP contribution in [0.2, 0.25) is 0 Å². The molecule has 1 aromatic rings. The average Bonchev–Trinajstić information content (AvgIpc) is 2.39. The lowest BCUT2D eigenvalue weighted by molar-refractivity contribution is -0.0444. The largest absolute Gasteiger partial charge is 0.375 e. The highest BCUT2D eigenvalue weighted by Crippen LogP contribution is 2.18. The summed E-state index contributed by atoms with van der Waals surface area (Å²) in [5.74, 6) is 0.119. The predicted molar refractivity (Wildman–Crippen MR) is 79.7 cm³/mol. The molecule has 3 nitrogen and oxygen atoms in total. The van der Waals surface area contributed by atoms with Crippen LogP contribution in [0.15, 0.2) is 24.3 Å². The van der Waals surface area contributed by atoms with E-state index in [1.165, 1.54) is 0 Å². The van der Waals surface area contributed by atoms with Gasteiger partial charge in [0.1, 0.15) is 0 Å². The van der Waals surface area contributed by atoms with Gasteiger partial charge in [-0.15, -0.1) is 0 Å². The van der Waals surface area contributed by atoms with Gasteiger partial charge in [0.2, 0.25) is 0 Å². The van der Waals surface area contributed by atoms with Crippen molar-refractivity contribution < 1.29 is 9.53 Å². The van der Waals surface area contributed by atoms with Crippen LogP contribution in [0.1, 0.15) is 30.6 Å². The Hall–Kier alpha value is -0.620. The molecule has 2 atom stereocenters. The van der Waals surface area contributed by atoms with Crippen molar-refractivity contribution >= 4 is 28.5 Å². The first-order chi connectivity index (χ1) is 8.61. The summed E-state index contributed by atoms with van der Waals surface area (Å²) in [4.78, 5) is 14.4. The SMILES string of the molecule is CCC1COC(C)CN1C(=O)c1ccc(I)cc1. The van der Waals surface area contributed by atoms with E-state index < -0.39 is 0 Å². The maximum absolute atomic E-state index is 12.5. The molecule has 1 fully saturated rings. The molecule has 0 N–H and O–H groups in total. The molecule has 1 amide bonds. The number of nitrogens with zero attached hydrogens (tertiary/aromatic N) is 1. The van der Waals surface area contributed by atoms with Crippen molar-refractivity contribution in [2.24, 2.45) is 0 Å². The van der Waals surface area contributed by atoms with E-state index in [0.29, 0.717) is 13.2 Å². The van der Waals surface area contributed by atoms with Crippen LogP contribution < -0.4 is 0 Å². The van der Waals surface area contributed by atoms with Gasteiger partial charge in [0, 0.05) is 15.7 Å². The first kappa shape index (κ1) is 13.8. The molecule has 0 radical (unpaired) electrons. The molecule has 0 aliphatic carbocycles. The summed E-state index contributed by atoms with van der Waals surface area (Å²) in [7, 11) is 0. The summed E-state index contributed by atoms with van der Waals surface area (Å²) in [6, 6.07) is 7.94. The van der Waals surface area contributed by atoms with E-state index in [4.69, 9.17) is 4.74 Å². The van der Waals surface area contributed by atoms with Crippen molar-refractivity contribution in [3.8, 4) is 0 Å². The van der Waals surface area contributed by atoms with E-state index in [-0.39, 0.29) is 18.1 Å². The van der Waals surface area contributed by atoms with Crippen LogP contribution in [0.25, 0.3) is 0 Å². The number of hydrogen-bond donors (Lipinski definition) is 0. The topological polar surface area (TPSA) is 29.5 Å². The highest BCUT2D eigenvalue weighted by molar-refractivity contribution is 14.1. The number of carbonyl (C=O) groups excluding carboxylic acids is 1. The van der Waals surface area contributed by atoms with E-state index in [0.717, 1.165) is 15.6 Å². The van der Waals surface area contributed by atoms with Gasteiger partial charge in [-0.05, 0) is 60.2 Å². The first-order valence-corrected chi connectivity index (χ1v) is 7.37. The minimum Gasteiger partial charge on any atom is -0.375 e. The smallest absolute Gasteiger partial charge is 0.254 e. The lowest BCUT2D eigenvalue weighted by atomic mass is 10.1. The van der Waals surface area contributed by atoms with Crippen LogP contribution in [0.3, 0.4) is 0 Å². The van der Waals surface area contributed by atoms with Crippen molar-refractivity contribution in [2.75, 3.05) is 13.2 Å². The molecular weight excluding hydrogens is 341 g/mol. The summed E-state index contributed by atoms with van der Waals surface area (Å²) >= 11 is 2.24. The Labute approximate surface area is 122 Å². The zero-order chi connectivity index (χ0) is 13.1. The number of morpholine rings is 1. The highest BCUT2D eigenvalue weighted by atomic mass is 127. The summed E-state index contributed by atoms with van der Waals surface area (Å²) in [6.45, 7) is 5.44. The van der Waals surface area contributed by atoms with Gasteiger partial charge >= 0.3 is 0 Å². The molecule has 1 aliphatic rings. The number of benzene rings is 1. The number of carbonyl (C=O) groups is 1. The lowest BCUT2D eigenvalue weighted by Gasteiger charge is -2.38. The van der Waals surface area contributed by atoms with Gasteiger partial charge < -0.3 is 9.64 Å². The van der Waals surface area contributed by atoms with Crippen LogP contribution in [-0.2, 0) is 4.74 Å². The minimum atomic E-state index is 0.119. The fourth-order valence-corrected chi connectivity index (χ4v) is 2.55. The summed E-state index contributed by atoms with van der Waals surface area (Å²) in [6.07, 6.45) is 1.06. The molecule has 1 aromatic carbocycles. The monoisotopic (exact) mass is 359 g/mol. The van der Waals surface area contributed by atoms with Crippen molar-refractivity contribution in [3.05, 3.63) is 33.4 Å². The van der Waals surface area contributed by atoms with Gasteiger partial charge in [0.15, 0.2) is 0 Å². The van der Waals surface area contributed by atoms with Gasteiger partial charge in [-0.1, -0.05) is 6.92 Å². The zero-order valence-corrected chi connectivity index (χ0v) is 12.9. The second kappa shape index (κ2) is 6.02. The molecule has 98 valence electrons. The maximum Gasteiger partial charge on any atom is 0.254 e. The standard InChI is InChI=1S/C14H18INO2/c1-3-13-9-18-10(2)8-16(13)14(17)11-4-6-12(15)7-5-11/h4-7,10,13H,3,8-9H2,1-2H3. The van der Waals surface area contributed by atoms with Crippen LogP contribution in [0.5, 0.6) is 0 Å². The van der Waals surface area contributed by atoms with E-state index in [1.807, 2.05) is 36.1 Å². The predicted octanol–water partition coefficient (Wildman–Crippen LogP) is 2.93. The van der Waals surface area contributed by atoms with Gasteiger partial charge in [-0.25, -0.2) is 0 Å². The molecule has 4 heteroatoms. The molecule has 2 rings (SSSR count). The maximum atomic E-state index is 12.5. The Morgan fingerprint density at radius 2 is 2.11 bits per heavy atom. The van der Waals surface area contributed by atoms with Crippen molar-refractivity contribution in [3.63, 3.8) is 0 Å². The molecule has 0 bridgehead atoms. The molecule has 0 saturated carbocycles.